The van der Waals surface area contributed by atoms with Crippen LogP contribution < -0.4 is 15.8 Å². The number of carbonyl (C=O) groups excluding carboxylic acids is 1. The predicted octanol–water partition coefficient (Wildman–Crippen LogP) is 3.36. The lowest BCUT2D eigenvalue weighted by molar-refractivity contribution is 0.100. The Morgan fingerprint density at radius 1 is 1.19 bits per heavy atom. The van der Waals surface area contributed by atoms with Crippen LogP contribution in [-0.4, -0.2) is 13.0 Å². The second kappa shape index (κ2) is 6.79. The first-order valence-corrected chi connectivity index (χ1v) is 6.95. The molecule has 0 spiro atoms. The Morgan fingerprint density at radius 3 is 2.43 bits per heavy atom. The van der Waals surface area contributed by atoms with Gasteiger partial charge in [0.05, 0.1) is 13.2 Å². The summed E-state index contributed by atoms with van der Waals surface area (Å²) in [5, 5.41) is 3.45. The van der Waals surface area contributed by atoms with Crippen molar-refractivity contribution < 1.29 is 9.53 Å². The van der Waals surface area contributed by atoms with Gasteiger partial charge >= 0.3 is 0 Å². The molecule has 0 fully saturated rings. The summed E-state index contributed by atoms with van der Waals surface area (Å²) in [4.78, 5) is 11.1. The van der Waals surface area contributed by atoms with Crippen molar-refractivity contribution in [3.8, 4) is 5.75 Å². The van der Waals surface area contributed by atoms with E-state index in [1.54, 1.807) is 19.2 Å². The van der Waals surface area contributed by atoms with Gasteiger partial charge in [-0.15, -0.1) is 0 Å². The molecule has 21 heavy (non-hydrogen) atoms. The minimum absolute atomic E-state index is 0.139. The molecule has 0 aliphatic rings. The van der Waals surface area contributed by atoms with E-state index in [-0.39, 0.29) is 6.04 Å². The molecule has 2 aromatic rings. The van der Waals surface area contributed by atoms with Crippen LogP contribution in [0.1, 0.15) is 35.3 Å². The minimum atomic E-state index is -0.418. The van der Waals surface area contributed by atoms with Gasteiger partial charge in [0.15, 0.2) is 0 Å². The van der Waals surface area contributed by atoms with Gasteiger partial charge < -0.3 is 15.8 Å². The quantitative estimate of drug-likeness (QED) is 0.855. The van der Waals surface area contributed by atoms with Crippen molar-refractivity contribution in [2.24, 2.45) is 5.73 Å². The molecule has 3 N–H and O–H groups in total. The Balaban J connectivity index is 2.20. The molecule has 2 rings (SSSR count). The summed E-state index contributed by atoms with van der Waals surface area (Å²) in [5.41, 5.74) is 7.80. The van der Waals surface area contributed by atoms with Gasteiger partial charge in [0.1, 0.15) is 5.75 Å². The number of carbonyl (C=O) groups is 1. The molecule has 0 aliphatic carbocycles. The molecule has 0 radical (unpaired) electrons. The third kappa shape index (κ3) is 3.54. The number of ether oxygens (including phenoxy) is 1. The number of anilines is 1. The van der Waals surface area contributed by atoms with Gasteiger partial charge in [0.25, 0.3) is 0 Å². The number of primary amides is 1. The van der Waals surface area contributed by atoms with Crippen LogP contribution in [0.2, 0.25) is 0 Å². The second-order valence-corrected chi connectivity index (χ2v) is 4.79. The molecule has 4 nitrogen and oxygen atoms in total. The largest absolute Gasteiger partial charge is 0.496 e. The smallest absolute Gasteiger partial charge is 0.248 e. The molecular weight excluding hydrogens is 264 g/mol. The third-order valence-corrected chi connectivity index (χ3v) is 3.43. The van der Waals surface area contributed by atoms with E-state index < -0.39 is 5.91 Å². The summed E-state index contributed by atoms with van der Waals surface area (Å²) in [6.45, 7) is 2.11. The molecule has 0 saturated carbocycles. The van der Waals surface area contributed by atoms with Gasteiger partial charge in [0, 0.05) is 16.8 Å². The summed E-state index contributed by atoms with van der Waals surface area (Å²) < 4.78 is 5.42. The van der Waals surface area contributed by atoms with Crippen molar-refractivity contribution in [1.82, 2.24) is 0 Å². The van der Waals surface area contributed by atoms with Crippen LogP contribution in [0.5, 0.6) is 5.75 Å². The molecule has 110 valence electrons. The highest BCUT2D eigenvalue weighted by Crippen LogP contribution is 2.29. The van der Waals surface area contributed by atoms with Crippen LogP contribution in [0.15, 0.2) is 48.5 Å². The molecule has 2 aromatic carbocycles. The van der Waals surface area contributed by atoms with E-state index >= 15 is 0 Å². The highest BCUT2D eigenvalue weighted by molar-refractivity contribution is 5.93. The maximum Gasteiger partial charge on any atom is 0.248 e. The number of rotatable bonds is 6. The molecule has 0 bridgehead atoms. The summed E-state index contributed by atoms with van der Waals surface area (Å²) in [6, 6.07) is 15.3. The molecule has 0 aliphatic heterocycles. The van der Waals surface area contributed by atoms with Gasteiger partial charge in [-0.05, 0) is 36.8 Å². The van der Waals surface area contributed by atoms with Crippen LogP contribution in [0, 0.1) is 0 Å². The van der Waals surface area contributed by atoms with Crippen LogP contribution >= 0.6 is 0 Å². The summed E-state index contributed by atoms with van der Waals surface area (Å²) in [7, 11) is 1.67. The zero-order valence-corrected chi connectivity index (χ0v) is 12.3. The maximum atomic E-state index is 11.1. The fraction of sp³-hybridized carbons (Fsp3) is 0.235. The Hall–Kier alpha value is -2.49. The van der Waals surface area contributed by atoms with Crippen molar-refractivity contribution in [2.75, 3.05) is 12.4 Å². The number of nitrogens with one attached hydrogen (secondary N) is 1. The van der Waals surface area contributed by atoms with Crippen molar-refractivity contribution >= 4 is 11.6 Å². The lowest BCUT2D eigenvalue weighted by atomic mass is 10.0. The number of nitrogens with two attached hydrogens (primary N) is 1. The lowest BCUT2D eigenvalue weighted by Gasteiger charge is -2.21. The van der Waals surface area contributed by atoms with Gasteiger partial charge in [-0.3, -0.25) is 4.79 Å². The lowest BCUT2D eigenvalue weighted by Crippen LogP contribution is -2.12. The van der Waals surface area contributed by atoms with Crippen LogP contribution in [0.4, 0.5) is 5.69 Å². The second-order valence-electron chi connectivity index (χ2n) is 4.79. The van der Waals surface area contributed by atoms with Gasteiger partial charge in [-0.1, -0.05) is 25.1 Å². The number of hydrogen-bond donors (Lipinski definition) is 2. The number of amides is 1. The van der Waals surface area contributed by atoms with Gasteiger partial charge in [-0.25, -0.2) is 0 Å². The van der Waals surface area contributed by atoms with Crippen molar-refractivity contribution in [3.63, 3.8) is 0 Å². The molecule has 1 atom stereocenters. The van der Waals surface area contributed by atoms with E-state index in [9.17, 15) is 4.79 Å². The zero-order chi connectivity index (χ0) is 15.2. The predicted molar refractivity (Wildman–Crippen MR) is 84.6 cm³/mol. The molecule has 0 aromatic heterocycles. The number of para-hydroxylation sites is 1. The van der Waals surface area contributed by atoms with Crippen molar-refractivity contribution in [2.45, 2.75) is 19.4 Å². The van der Waals surface area contributed by atoms with Crippen molar-refractivity contribution in [1.29, 1.82) is 0 Å². The minimum Gasteiger partial charge on any atom is -0.496 e. The monoisotopic (exact) mass is 284 g/mol. The third-order valence-electron chi connectivity index (χ3n) is 3.43. The molecule has 4 heteroatoms. The van der Waals surface area contributed by atoms with Crippen LogP contribution in [0.25, 0.3) is 0 Å². The van der Waals surface area contributed by atoms with E-state index in [4.69, 9.17) is 10.5 Å². The number of methoxy groups -OCH3 is 1. The Labute approximate surface area is 124 Å². The number of hydrogen-bond acceptors (Lipinski definition) is 3. The Kier molecular flexibility index (Phi) is 4.82. The van der Waals surface area contributed by atoms with Crippen molar-refractivity contribution in [3.05, 3.63) is 59.7 Å². The molecule has 0 heterocycles. The van der Waals surface area contributed by atoms with E-state index in [1.165, 1.54) is 0 Å². The fourth-order valence-corrected chi connectivity index (χ4v) is 2.29. The van der Waals surface area contributed by atoms with Gasteiger partial charge in [-0.2, -0.15) is 0 Å². The summed E-state index contributed by atoms with van der Waals surface area (Å²) in [5.74, 6) is 0.448. The first-order chi connectivity index (χ1) is 10.2. The van der Waals surface area contributed by atoms with Crippen LogP contribution in [-0.2, 0) is 0 Å². The zero-order valence-electron chi connectivity index (χ0n) is 12.3. The summed E-state index contributed by atoms with van der Waals surface area (Å²) in [6.07, 6.45) is 0.915. The standard InChI is InChI=1S/C17H20N2O2/c1-3-15(14-6-4-5-7-16(14)21-2)19-13-10-8-12(9-11-13)17(18)20/h4-11,15,19H,3H2,1-2H3,(H2,18,20). The first-order valence-electron chi connectivity index (χ1n) is 6.95. The van der Waals surface area contributed by atoms with Gasteiger partial charge in [0.2, 0.25) is 5.91 Å². The molecular formula is C17H20N2O2. The average Bonchev–Trinajstić information content (AvgIpc) is 2.53. The first kappa shape index (κ1) is 14.9. The topological polar surface area (TPSA) is 64.3 Å². The number of benzene rings is 2. The summed E-state index contributed by atoms with van der Waals surface area (Å²) >= 11 is 0. The van der Waals surface area contributed by atoms with Crippen LogP contribution in [0.3, 0.4) is 0 Å². The van der Waals surface area contributed by atoms with E-state index in [0.29, 0.717) is 5.56 Å². The van der Waals surface area contributed by atoms with E-state index in [2.05, 4.69) is 18.3 Å². The Morgan fingerprint density at radius 2 is 1.86 bits per heavy atom. The molecule has 1 unspecified atom stereocenters. The average molecular weight is 284 g/mol. The molecule has 1 amide bonds. The van der Waals surface area contributed by atoms with E-state index in [1.807, 2.05) is 30.3 Å². The fourth-order valence-electron chi connectivity index (χ4n) is 2.29. The SMILES string of the molecule is CCC(Nc1ccc(C(N)=O)cc1)c1ccccc1OC. The Bertz CT molecular complexity index is 608. The highest BCUT2D eigenvalue weighted by atomic mass is 16.5. The normalized spacial score (nSPS) is 11.7. The van der Waals surface area contributed by atoms with E-state index in [0.717, 1.165) is 23.4 Å². The maximum absolute atomic E-state index is 11.1. The highest BCUT2D eigenvalue weighted by Gasteiger charge is 2.13. The molecule has 0 saturated heterocycles.